The molecule has 0 heterocycles. The Hall–Kier alpha value is -0.430. The lowest BCUT2D eigenvalue weighted by atomic mass is 9.91. The summed E-state index contributed by atoms with van der Waals surface area (Å²) in [6.45, 7) is 44.2. The highest BCUT2D eigenvalue weighted by atomic mass is 79.9. The Balaban J connectivity index is -0.000000325. The number of esters is 13. The molecule has 0 aromatic heterocycles. The molecule has 115 heavy (non-hydrogen) atoms. The lowest BCUT2D eigenvalue weighted by molar-refractivity contribution is -0.173. The molecule has 0 saturated carbocycles. The van der Waals surface area contributed by atoms with E-state index in [-0.39, 0.29) is 115 Å². The van der Waals surface area contributed by atoms with Gasteiger partial charge in [0.15, 0.2) is 6.61 Å². The van der Waals surface area contributed by atoms with Crippen LogP contribution in [0.15, 0.2) is 0 Å². The molecule has 0 atom stereocenters. The Kier molecular flexibility index (Phi) is 60.9. The van der Waals surface area contributed by atoms with Crippen molar-refractivity contribution in [2.45, 2.75) is 243 Å². The van der Waals surface area contributed by atoms with E-state index in [4.69, 9.17) is 63.6 Å². The van der Waals surface area contributed by atoms with Crippen molar-refractivity contribution in [1.82, 2.24) is 0 Å². The van der Waals surface area contributed by atoms with Crippen molar-refractivity contribution < 1.29 is 129 Å². The molecular formula is C73H115Br13O27S2. The number of carbonyl (C=O) groups is 13. The van der Waals surface area contributed by atoms with Crippen LogP contribution in [0, 0.1) is 23.2 Å². The Morgan fingerprint density at radius 1 is 0.243 bits per heavy atom. The summed E-state index contributed by atoms with van der Waals surface area (Å²) in [5.74, 6) is -2.20. The normalized spacial score (nSPS) is 12.4. The van der Waals surface area contributed by atoms with Gasteiger partial charge in [-0.2, -0.15) is 0 Å². The van der Waals surface area contributed by atoms with Crippen LogP contribution < -0.4 is 0 Å². The monoisotopic (exact) mass is 2510 g/mol. The predicted molar refractivity (Wildman–Crippen MR) is 493 cm³/mol. The summed E-state index contributed by atoms with van der Waals surface area (Å²) >= 11 is 41.7. The van der Waals surface area contributed by atoms with Gasteiger partial charge >= 0.3 is 77.6 Å². The summed E-state index contributed by atoms with van der Waals surface area (Å²) in [5.41, 5.74) is -2.25. The number of carbonyl (C=O) groups excluding carboxylic acids is 13. The second kappa shape index (κ2) is 55.8. The van der Waals surface area contributed by atoms with Crippen molar-refractivity contribution in [3.05, 3.63) is 0 Å². The minimum absolute atomic E-state index is 0.0356. The van der Waals surface area contributed by atoms with Gasteiger partial charge in [-0.25, -0.2) is 0 Å². The first kappa shape index (κ1) is 125. The first-order chi connectivity index (χ1) is 51.0. The van der Waals surface area contributed by atoms with E-state index in [1.54, 1.807) is 209 Å². The Morgan fingerprint density at radius 3 is 0.557 bits per heavy atom. The maximum atomic E-state index is 12.4. The van der Waals surface area contributed by atoms with E-state index in [9.17, 15) is 62.3 Å². The summed E-state index contributed by atoms with van der Waals surface area (Å²) in [6.07, 6.45) is 4.88. The highest BCUT2D eigenvalue weighted by Crippen LogP contribution is 2.32. The number of halogens is 13. The van der Waals surface area contributed by atoms with Crippen LogP contribution >= 0.6 is 229 Å². The molecular weight excluding hydrogens is 2410 g/mol. The third-order valence-electron chi connectivity index (χ3n) is 12.0. The molecule has 0 aliphatic heterocycles. The van der Waals surface area contributed by atoms with Gasteiger partial charge in [-0.15, -0.1) is 6.42 Å². The number of terminal acetylenes is 1. The number of ether oxygens (including phenoxy) is 13. The summed E-state index contributed by atoms with van der Waals surface area (Å²) in [5, 5.41) is 8.29. The van der Waals surface area contributed by atoms with Gasteiger partial charge in [0.05, 0.1) is 12.0 Å². The number of rotatable bonds is 40. The highest BCUT2D eigenvalue weighted by molar-refractivity contribution is 9.12. The molecule has 0 rings (SSSR count). The lowest BCUT2D eigenvalue weighted by Crippen LogP contribution is -2.47. The zero-order valence-electron chi connectivity index (χ0n) is 70.2. The van der Waals surface area contributed by atoms with Gasteiger partial charge < -0.3 is 66.7 Å². The Morgan fingerprint density at radius 2 is 0.391 bits per heavy atom. The fourth-order valence-corrected chi connectivity index (χ4v) is 8.31. The SMILES string of the molecule is C#CCOC(=O)C(C)(C)Br.CC(C)(Br)C(=O)OCC(COC(=O)C(C)(C)Br)(COC(=O)C(C)(C)Br)COC(=O)C(C)(C)Br.CC(C)(Br)C(=O)OCCO.CC(C)(Br)C(=O)OCCOC(=O)C(C)(C)Br.CC(C)(Br)C(=O)OCCSSCCOC(=O)C(C)(C)Br.CC(COC(=O)C(C)(C)Br)(COC(=O)C(C)(C)Br)COC(=O)C(C)(C)Br. The third kappa shape index (κ3) is 66.7. The van der Waals surface area contributed by atoms with Crippen molar-refractivity contribution in [1.29, 1.82) is 0 Å². The minimum atomic E-state index is -1.36. The number of hydrogen-bond donors (Lipinski definition) is 1. The molecule has 0 radical (unpaired) electrons. The molecule has 0 saturated heterocycles. The summed E-state index contributed by atoms with van der Waals surface area (Å²) in [7, 11) is 3.17. The van der Waals surface area contributed by atoms with Crippen molar-refractivity contribution in [3.8, 4) is 12.3 Å². The molecule has 27 nitrogen and oxygen atoms in total. The molecule has 1 N–H and O–H groups in total. The number of aliphatic hydroxyl groups excluding tert-OH is 1. The van der Waals surface area contributed by atoms with Crippen molar-refractivity contribution >= 4 is 306 Å². The molecule has 0 amide bonds. The second-order valence-electron chi connectivity index (χ2n) is 31.3. The molecule has 0 fully saturated rings. The molecule has 0 bridgehead atoms. The van der Waals surface area contributed by atoms with Crippen molar-refractivity contribution in [3.63, 3.8) is 0 Å². The van der Waals surface area contributed by atoms with Crippen LogP contribution in [0.5, 0.6) is 0 Å². The standard InChI is InChI=1S/C21H32Br4O8.C17H27Br3O6.C12H20Br2O4S2.C10H16Br2O4.C7H9BrO2.C6H11BrO3/c1-17(2,22)13(26)30-9-21(10-31-14(27)18(3,4)23,11-32-15(28)19(5,6)24)12-33-16(29)20(7,8)25;1-14(2,18)11(21)24-8-17(7,9-25-12(22)15(3,4)19)10-26-13(23)16(5,6)20;1-11(2,13)9(15)17-5-7-19-20-8-6-18-10(16)12(3,4)14;1-9(2,11)7(13)15-5-6-16-8(14)10(3,4)12;1-4-5-10-6(9)7(2,3)8;1-6(2,7)5(9)10-4-3-8/h9-12H2,1-8H3;8-10H2,1-7H3;5-8H2,1-4H3;5-6H2,1-4H3;1H,5H2,2-3H3;8H,3-4H2,1-2H3. The Bertz CT molecular complexity index is 2860. The lowest BCUT2D eigenvalue weighted by Gasteiger charge is -2.34. The smallest absolute Gasteiger partial charge is 0.323 e. The molecule has 0 unspecified atom stereocenters. The molecule has 0 aromatic rings. The van der Waals surface area contributed by atoms with E-state index < -0.39 is 109 Å². The van der Waals surface area contributed by atoms with E-state index in [2.05, 4.69) is 222 Å². The highest BCUT2D eigenvalue weighted by Gasteiger charge is 2.44. The van der Waals surface area contributed by atoms with Crippen LogP contribution in [0.2, 0.25) is 0 Å². The van der Waals surface area contributed by atoms with Gasteiger partial charge in [0.25, 0.3) is 0 Å². The number of hydrogen-bond acceptors (Lipinski definition) is 29. The van der Waals surface area contributed by atoms with E-state index in [1.807, 2.05) is 0 Å². The van der Waals surface area contributed by atoms with Gasteiger partial charge in [-0.1, -0.05) is 235 Å². The predicted octanol–water partition coefficient (Wildman–Crippen LogP) is 17.2. The number of alkyl halides is 13. The molecule has 0 spiro atoms. The average molecular weight is 2530 g/mol. The zero-order chi connectivity index (χ0) is 92.6. The van der Waals surface area contributed by atoms with Gasteiger partial charge in [-0.3, -0.25) is 62.3 Å². The zero-order valence-corrected chi connectivity index (χ0v) is 92.4. The van der Waals surface area contributed by atoms with Crippen LogP contribution in [0.3, 0.4) is 0 Å². The van der Waals surface area contributed by atoms with E-state index in [0.717, 1.165) is 0 Å². The van der Waals surface area contributed by atoms with Gasteiger partial charge in [-0.05, 0) is 187 Å². The molecule has 0 aromatic carbocycles. The van der Waals surface area contributed by atoms with Crippen LogP contribution in [-0.4, -0.2) is 243 Å². The quantitative estimate of drug-likeness (QED) is 0.0149. The molecule has 42 heteroatoms. The summed E-state index contributed by atoms with van der Waals surface area (Å²) < 4.78 is 56.4. The van der Waals surface area contributed by atoms with Gasteiger partial charge in [0.2, 0.25) is 0 Å². The van der Waals surface area contributed by atoms with Crippen molar-refractivity contribution in [2.75, 3.05) is 104 Å². The first-order valence-electron chi connectivity index (χ1n) is 34.4. The maximum absolute atomic E-state index is 12.4. The van der Waals surface area contributed by atoms with Crippen LogP contribution in [0.1, 0.15) is 187 Å². The van der Waals surface area contributed by atoms with E-state index in [1.165, 1.54) is 0 Å². The van der Waals surface area contributed by atoms with Crippen LogP contribution in [0.25, 0.3) is 0 Å². The summed E-state index contributed by atoms with van der Waals surface area (Å²) in [6, 6.07) is 0. The number of aliphatic hydroxyl groups is 1. The summed E-state index contributed by atoms with van der Waals surface area (Å²) in [4.78, 5) is 153. The van der Waals surface area contributed by atoms with Gasteiger partial charge in [0, 0.05) is 11.5 Å². The molecule has 672 valence electrons. The molecule has 0 aliphatic carbocycles. The van der Waals surface area contributed by atoms with Gasteiger partial charge in [0.1, 0.15) is 141 Å². The molecule has 0 aliphatic rings. The van der Waals surface area contributed by atoms with Crippen LogP contribution in [0.4, 0.5) is 0 Å². The average Bonchev–Trinajstić information content (AvgIpc) is 0.830. The first-order valence-corrected chi connectivity index (χ1v) is 47.2. The van der Waals surface area contributed by atoms with E-state index in [0.29, 0.717) is 24.7 Å². The van der Waals surface area contributed by atoms with E-state index >= 15 is 0 Å². The largest absolute Gasteiger partial charge is 0.464 e. The fourth-order valence-electron chi connectivity index (χ4n) is 5.17. The second-order valence-corrected chi connectivity index (χ2v) is 59.8. The topological polar surface area (TPSA) is 362 Å². The van der Waals surface area contributed by atoms with Crippen molar-refractivity contribution in [2.24, 2.45) is 10.8 Å². The third-order valence-corrected chi connectivity index (χ3v) is 18.6. The maximum Gasteiger partial charge on any atom is 0.323 e. The minimum Gasteiger partial charge on any atom is -0.464 e. The fraction of sp³-hybridized carbons (Fsp3) is 0.795. The Labute approximate surface area is 796 Å². The van der Waals surface area contributed by atoms with Crippen LogP contribution in [-0.2, 0) is 124 Å².